The predicted octanol–water partition coefficient (Wildman–Crippen LogP) is 21.2. The number of rotatable bonds is 10. The predicted molar refractivity (Wildman–Crippen MR) is 363 cm³/mol. The molecule has 0 bridgehead atoms. The van der Waals surface area contributed by atoms with Crippen LogP contribution in [0.25, 0.3) is 128 Å². The fourth-order valence-electron chi connectivity index (χ4n) is 12.2. The molecule has 14 aromatic carbocycles. The van der Waals surface area contributed by atoms with Gasteiger partial charge >= 0.3 is 15.2 Å². The van der Waals surface area contributed by atoms with Crippen LogP contribution in [0.5, 0.6) is 11.5 Å². The van der Waals surface area contributed by atoms with Crippen LogP contribution in [0.1, 0.15) is 0 Å². The van der Waals surface area contributed by atoms with E-state index >= 15 is 4.57 Å². The van der Waals surface area contributed by atoms with Crippen molar-refractivity contribution < 1.29 is 28.0 Å². The molecule has 412 valence electrons. The van der Waals surface area contributed by atoms with Crippen molar-refractivity contribution in [1.29, 1.82) is 0 Å². The summed E-state index contributed by atoms with van der Waals surface area (Å²) in [6.45, 7) is 0. The topological polar surface area (TPSA) is 93.1 Å². The van der Waals surface area contributed by atoms with E-state index in [9.17, 15) is 14.4 Å². The van der Waals surface area contributed by atoms with Gasteiger partial charge in [0.25, 0.3) is 0 Å². The normalized spacial score (nSPS) is 11.9. The van der Waals surface area contributed by atoms with E-state index in [2.05, 4.69) is 164 Å². The van der Waals surface area contributed by atoms with Gasteiger partial charge in [0, 0.05) is 32.0 Å². The first-order chi connectivity index (χ1) is 42.1. The molecule has 2 N–H and O–H groups in total. The van der Waals surface area contributed by atoms with Gasteiger partial charge in [-0.1, -0.05) is 231 Å². The van der Waals surface area contributed by atoms with Crippen LogP contribution in [0.3, 0.4) is 0 Å². The van der Waals surface area contributed by atoms with E-state index in [1.165, 1.54) is 11.3 Å². The highest BCUT2D eigenvalue weighted by Crippen LogP contribution is 2.56. The van der Waals surface area contributed by atoms with Gasteiger partial charge in [-0.15, -0.1) is 22.7 Å². The van der Waals surface area contributed by atoms with Crippen LogP contribution in [0, 0.1) is 0 Å². The van der Waals surface area contributed by atoms with Crippen molar-refractivity contribution in [2.75, 3.05) is 0 Å². The van der Waals surface area contributed by atoms with Gasteiger partial charge in [-0.25, -0.2) is 4.57 Å². The van der Waals surface area contributed by atoms with E-state index in [1.54, 1.807) is 17.4 Å². The SMILES string of the molecule is O=P(O)(O)c1cc(-c2c3ccccc3cc3ccccc23)sc1-c1c2ccccc2cc2ccccc12.O=P(Oc1ccccc1)(Oc1ccccc1)c1cc(-c2c3ccccc3cc3ccccc23)sc1-c1c2ccccc2cc2ccccc12. The molecule has 16 rings (SSSR count). The highest BCUT2D eigenvalue weighted by molar-refractivity contribution is 7.64. The van der Waals surface area contributed by atoms with Crippen molar-refractivity contribution in [2.45, 2.75) is 0 Å². The van der Waals surface area contributed by atoms with Gasteiger partial charge in [0.2, 0.25) is 0 Å². The maximum atomic E-state index is 15.8. The smallest absolute Gasteiger partial charge is 0.413 e. The number of hydrogen-bond donors (Lipinski definition) is 2. The minimum atomic E-state index is -4.59. The van der Waals surface area contributed by atoms with Crippen molar-refractivity contribution in [3.63, 3.8) is 0 Å². The molecule has 10 heteroatoms. The molecule has 86 heavy (non-hydrogen) atoms. The summed E-state index contributed by atoms with van der Waals surface area (Å²) in [7, 11) is -8.67. The number of hydrogen-bond acceptors (Lipinski definition) is 6. The first kappa shape index (κ1) is 53.3. The number of para-hydroxylation sites is 2. The third-order valence-electron chi connectivity index (χ3n) is 16.0. The maximum Gasteiger partial charge on any atom is 0.464 e. The summed E-state index contributed by atoms with van der Waals surface area (Å²) in [5, 5.41) is 17.9. The second kappa shape index (κ2) is 21.9. The van der Waals surface area contributed by atoms with Crippen molar-refractivity contribution in [3.05, 3.63) is 291 Å². The van der Waals surface area contributed by atoms with Crippen LogP contribution < -0.4 is 19.7 Å². The van der Waals surface area contributed by atoms with Gasteiger partial charge in [-0.2, -0.15) is 0 Å². The minimum absolute atomic E-state index is 0.0750. The Kier molecular flexibility index (Phi) is 13.5. The van der Waals surface area contributed by atoms with E-state index < -0.39 is 15.2 Å². The van der Waals surface area contributed by atoms with E-state index in [-0.39, 0.29) is 5.30 Å². The summed E-state index contributed by atoms with van der Waals surface area (Å²) in [4.78, 5) is 24.5. The number of benzene rings is 14. The molecule has 0 saturated carbocycles. The zero-order valence-electron chi connectivity index (χ0n) is 46.0. The second-order valence-electron chi connectivity index (χ2n) is 21.3. The quantitative estimate of drug-likeness (QED) is 0.105. The zero-order valence-corrected chi connectivity index (χ0v) is 49.4. The molecular formula is C76H50O6P2S2. The fourth-order valence-corrected chi connectivity index (χ4v) is 18.1. The van der Waals surface area contributed by atoms with Gasteiger partial charge < -0.3 is 18.8 Å². The Bertz CT molecular complexity index is 5160. The minimum Gasteiger partial charge on any atom is -0.413 e. The molecule has 0 atom stereocenters. The summed E-state index contributed by atoms with van der Waals surface area (Å²) in [6, 6.07) is 97.4. The molecule has 16 aromatic rings. The van der Waals surface area contributed by atoms with Crippen molar-refractivity contribution in [2.24, 2.45) is 0 Å². The maximum absolute atomic E-state index is 15.8. The Labute approximate surface area is 503 Å². The molecule has 6 nitrogen and oxygen atoms in total. The van der Waals surface area contributed by atoms with E-state index in [1.807, 2.05) is 121 Å². The van der Waals surface area contributed by atoms with Gasteiger partial charge in [-0.05, 0) is 147 Å². The highest BCUT2D eigenvalue weighted by atomic mass is 32.1. The molecule has 2 aromatic heterocycles. The molecule has 0 aliphatic carbocycles. The number of thiophene rings is 2. The van der Waals surface area contributed by atoms with Crippen LogP contribution in [-0.4, -0.2) is 9.79 Å². The summed E-state index contributed by atoms with van der Waals surface area (Å²) in [5.41, 5.74) is 3.98. The standard InChI is InChI=1S/C44H29O3PS.C32H21O3PS/c45-48(46-34-19-3-1-4-20-34,47-35-21-5-2-6-22-35)40-29-41(42-36-23-11-7-15-30(36)27-31-16-8-12-24-37(31)42)49-44(40)43-38-25-13-9-17-32(38)28-33-18-10-14-26-39(33)43;33-36(34,35)28-19-29(30-24-13-5-1-9-20(24)17-21-10-2-6-14-25(21)30)37-32(28)31-26-15-7-3-11-22(26)18-23-12-4-8-16-27(23)31/h1-29H;1-19H,(H2,33,34,35). The summed E-state index contributed by atoms with van der Waals surface area (Å²) >= 11 is 3.10. The Morgan fingerprint density at radius 3 is 0.779 bits per heavy atom. The van der Waals surface area contributed by atoms with Crippen molar-refractivity contribution in [1.82, 2.24) is 0 Å². The molecule has 0 amide bonds. The lowest BCUT2D eigenvalue weighted by Crippen LogP contribution is -2.15. The molecule has 2 heterocycles. The van der Waals surface area contributed by atoms with Crippen LogP contribution in [0.4, 0.5) is 0 Å². The third kappa shape index (κ3) is 9.64. The van der Waals surface area contributed by atoms with Gasteiger partial charge in [-0.3, -0.25) is 4.57 Å². The molecule has 0 saturated heterocycles. The van der Waals surface area contributed by atoms with Crippen molar-refractivity contribution >= 4 is 135 Å². The average Bonchev–Trinajstić information content (AvgIpc) is 2.03. The molecule has 0 radical (unpaired) electrons. The molecule has 0 unspecified atom stereocenters. The molecule has 0 fully saturated rings. The first-order valence-corrected chi connectivity index (χ1v) is 33.0. The molecule has 0 aliphatic heterocycles. The Morgan fingerprint density at radius 1 is 0.267 bits per heavy atom. The average molecular weight is 1190 g/mol. The lowest BCUT2D eigenvalue weighted by Gasteiger charge is -2.21. The largest absolute Gasteiger partial charge is 0.464 e. The summed E-state index contributed by atoms with van der Waals surface area (Å²) in [6.07, 6.45) is 0. The van der Waals surface area contributed by atoms with Gasteiger partial charge in [0.15, 0.2) is 0 Å². The summed E-state index contributed by atoms with van der Waals surface area (Å²) in [5.74, 6) is 0.942. The number of fused-ring (bicyclic) bond motifs is 8. The fraction of sp³-hybridized carbons (Fsp3) is 0. The van der Waals surface area contributed by atoms with Gasteiger partial charge in [0.05, 0.1) is 15.1 Å². The monoisotopic (exact) mass is 1180 g/mol. The van der Waals surface area contributed by atoms with Crippen LogP contribution in [0.2, 0.25) is 0 Å². The molecule has 0 aliphatic rings. The van der Waals surface area contributed by atoms with E-state index in [4.69, 9.17) is 9.05 Å². The molecular weight excluding hydrogens is 1130 g/mol. The lowest BCUT2D eigenvalue weighted by molar-refractivity contribution is 0.387. The third-order valence-corrected chi connectivity index (χ3v) is 21.5. The van der Waals surface area contributed by atoms with Crippen LogP contribution in [-0.2, 0) is 9.13 Å². The Hall–Kier alpha value is -9.46. The Morgan fingerprint density at radius 2 is 0.500 bits per heavy atom. The zero-order chi connectivity index (χ0) is 57.9. The summed E-state index contributed by atoms with van der Waals surface area (Å²) < 4.78 is 41.8. The van der Waals surface area contributed by atoms with Crippen molar-refractivity contribution in [3.8, 4) is 53.3 Å². The van der Waals surface area contributed by atoms with Gasteiger partial charge in [0.1, 0.15) is 16.8 Å². The van der Waals surface area contributed by atoms with E-state index in [0.717, 1.165) is 123 Å². The molecule has 0 spiro atoms. The highest BCUT2D eigenvalue weighted by Gasteiger charge is 2.38. The lowest BCUT2D eigenvalue weighted by atomic mass is 9.95. The second-order valence-corrected chi connectivity index (χ2v) is 26.8. The van der Waals surface area contributed by atoms with Crippen LogP contribution in [0.15, 0.2) is 291 Å². The van der Waals surface area contributed by atoms with Crippen LogP contribution >= 0.6 is 37.9 Å². The Balaban J connectivity index is 0.000000151. The van der Waals surface area contributed by atoms with E-state index in [0.29, 0.717) is 21.7 Å². The first-order valence-electron chi connectivity index (χ1n) is 28.2.